The van der Waals surface area contributed by atoms with E-state index in [0.717, 1.165) is 62.7 Å². The van der Waals surface area contributed by atoms with Gasteiger partial charge in [-0.3, -0.25) is 44.0 Å². The third-order valence-corrected chi connectivity index (χ3v) is 15.2. The molecule has 3 saturated heterocycles. The summed E-state index contributed by atoms with van der Waals surface area (Å²) in [5, 5.41) is 15.9. The van der Waals surface area contributed by atoms with Crippen molar-refractivity contribution < 1.29 is 47.5 Å². The zero-order valence-corrected chi connectivity index (χ0v) is 43.7. The fraction of sp³-hybridized carbons (Fsp3) is 0.471. The van der Waals surface area contributed by atoms with Crippen LogP contribution in [0.15, 0.2) is 66.9 Å². The lowest BCUT2D eigenvalue weighted by atomic mass is 10.0. The third kappa shape index (κ3) is 13.7. The Hall–Kier alpha value is -6.19. The number of piperidine rings is 2. The highest BCUT2D eigenvalue weighted by atomic mass is 35.5. The number of hydrogen-bond donors (Lipinski definition) is 5. The van der Waals surface area contributed by atoms with Crippen LogP contribution in [-0.4, -0.2) is 185 Å². The largest absolute Gasteiger partial charge is 0.494 e. The number of carbonyl (C=O) groups excluding carboxylic acids is 5. The molecule has 5 heterocycles. The Bertz CT molecular complexity index is 2710. The maximum absolute atomic E-state index is 13.3. The summed E-state index contributed by atoms with van der Waals surface area (Å²) in [5.41, 5.74) is 3.33. The number of rotatable bonds is 24. The second-order valence-corrected chi connectivity index (χ2v) is 22.3. The summed E-state index contributed by atoms with van der Waals surface area (Å²) in [4.78, 5) is 80.1. The molecule has 0 bridgehead atoms. The van der Waals surface area contributed by atoms with E-state index in [0.29, 0.717) is 110 Å². The summed E-state index contributed by atoms with van der Waals surface area (Å²) >= 11 is 6.48. The lowest BCUT2D eigenvalue weighted by molar-refractivity contribution is -0.136. The predicted octanol–water partition coefficient (Wildman–Crippen LogP) is 4.14. The average molecular weight is 1060 g/mol. The summed E-state index contributed by atoms with van der Waals surface area (Å²) in [5.74, 6) is -0.850. The molecule has 4 aromatic rings. The lowest BCUT2D eigenvalue weighted by Gasteiger charge is -2.43. The van der Waals surface area contributed by atoms with Crippen LogP contribution in [0.1, 0.15) is 46.4 Å². The number of hydrogen-bond acceptors (Lipinski definition) is 18. The fourth-order valence-electron chi connectivity index (χ4n) is 9.55. The molecule has 0 radical (unpaired) electrons. The Balaban J connectivity index is 0.652. The van der Waals surface area contributed by atoms with E-state index in [1.165, 1.54) is 6.20 Å². The number of anilines is 6. The molecular formula is C51H65ClN11O10P. The molecule has 1 unspecified atom stereocenters. The van der Waals surface area contributed by atoms with Crippen LogP contribution in [0.25, 0.3) is 0 Å². The summed E-state index contributed by atoms with van der Waals surface area (Å²) < 4.78 is 35.6. The number of halogens is 1. The molecule has 4 aliphatic heterocycles. The van der Waals surface area contributed by atoms with Crippen molar-refractivity contribution in [2.45, 2.75) is 37.8 Å². The van der Waals surface area contributed by atoms with Crippen molar-refractivity contribution in [3.63, 3.8) is 0 Å². The van der Waals surface area contributed by atoms with Crippen LogP contribution in [-0.2, 0) is 33.2 Å². The number of imide groups is 2. The van der Waals surface area contributed by atoms with Gasteiger partial charge in [0.05, 0.1) is 82.0 Å². The van der Waals surface area contributed by atoms with Crippen molar-refractivity contribution >= 4 is 88.1 Å². The van der Waals surface area contributed by atoms with Crippen LogP contribution in [0, 0.1) is 0 Å². The maximum Gasteiger partial charge on any atom is 0.264 e. The number of piperazine rings is 1. The molecule has 1 aromatic heterocycles. The molecule has 21 nitrogen and oxygen atoms in total. The number of para-hydroxylation sites is 1. The topological polar surface area (TPSA) is 238 Å². The first-order valence-corrected chi connectivity index (χ1v) is 27.9. The molecule has 5 amide bonds. The molecule has 74 heavy (non-hydrogen) atoms. The van der Waals surface area contributed by atoms with E-state index in [1.54, 1.807) is 38.6 Å². The van der Waals surface area contributed by atoms with Crippen LogP contribution in [0.2, 0.25) is 5.02 Å². The van der Waals surface area contributed by atoms with E-state index in [2.05, 4.69) is 57.3 Å². The van der Waals surface area contributed by atoms with Crippen molar-refractivity contribution in [2.24, 2.45) is 0 Å². The first kappa shape index (κ1) is 54.1. The molecule has 1 atom stereocenters. The van der Waals surface area contributed by atoms with E-state index in [-0.39, 0.29) is 29.9 Å². The minimum atomic E-state index is -2.56. The number of nitrogens with zero attached hydrogens (tertiary/aromatic N) is 6. The van der Waals surface area contributed by atoms with Crippen LogP contribution < -0.4 is 41.5 Å². The van der Waals surface area contributed by atoms with Gasteiger partial charge >= 0.3 is 0 Å². The first-order valence-electron chi connectivity index (χ1n) is 25.0. The number of aromatic nitrogens is 2. The highest BCUT2D eigenvalue weighted by Gasteiger charge is 2.45. The van der Waals surface area contributed by atoms with E-state index in [9.17, 15) is 28.5 Å². The smallest absolute Gasteiger partial charge is 0.264 e. The van der Waals surface area contributed by atoms with E-state index in [1.807, 2.05) is 36.4 Å². The number of amides is 5. The fourth-order valence-corrected chi connectivity index (χ4v) is 10.8. The minimum Gasteiger partial charge on any atom is -0.494 e. The zero-order chi connectivity index (χ0) is 52.2. The monoisotopic (exact) mass is 1060 g/mol. The number of fused-ring (bicyclic) bond motifs is 1. The molecule has 23 heteroatoms. The summed E-state index contributed by atoms with van der Waals surface area (Å²) in [6, 6.07) is 17.8. The Labute approximate surface area is 435 Å². The molecule has 0 aliphatic carbocycles. The van der Waals surface area contributed by atoms with Gasteiger partial charge in [0.25, 0.3) is 11.8 Å². The molecular weight excluding hydrogens is 993 g/mol. The molecule has 8 rings (SSSR count). The number of nitrogens with one attached hydrogen (secondary N) is 5. The molecule has 396 valence electrons. The van der Waals surface area contributed by atoms with Gasteiger partial charge in [-0.15, -0.1) is 0 Å². The highest BCUT2D eigenvalue weighted by molar-refractivity contribution is 7.70. The van der Waals surface area contributed by atoms with Gasteiger partial charge in [0.15, 0.2) is 5.82 Å². The van der Waals surface area contributed by atoms with Crippen molar-refractivity contribution in [1.82, 2.24) is 35.3 Å². The van der Waals surface area contributed by atoms with E-state index >= 15 is 0 Å². The normalized spacial score (nSPS) is 17.8. The van der Waals surface area contributed by atoms with Crippen molar-refractivity contribution in [3.8, 4) is 5.75 Å². The number of benzene rings is 3. The van der Waals surface area contributed by atoms with E-state index in [4.69, 9.17) is 30.5 Å². The van der Waals surface area contributed by atoms with Gasteiger partial charge in [-0.2, -0.15) is 4.98 Å². The predicted molar refractivity (Wildman–Crippen MR) is 282 cm³/mol. The third-order valence-electron chi connectivity index (χ3n) is 13.4. The molecule has 4 aliphatic rings. The number of methoxy groups -OCH3 is 1. The quantitative estimate of drug-likeness (QED) is 0.0377. The van der Waals surface area contributed by atoms with Crippen molar-refractivity contribution in [1.29, 1.82) is 0 Å². The summed E-state index contributed by atoms with van der Waals surface area (Å²) in [6.07, 6.45) is 3.74. The van der Waals surface area contributed by atoms with Gasteiger partial charge in [-0.1, -0.05) is 29.8 Å². The number of carbonyl (C=O) groups is 5. The van der Waals surface area contributed by atoms with Gasteiger partial charge in [0.2, 0.25) is 23.7 Å². The number of ether oxygens (including phenoxy) is 4. The van der Waals surface area contributed by atoms with E-state index < -0.39 is 36.8 Å². The highest BCUT2D eigenvalue weighted by Crippen LogP contribution is 2.39. The van der Waals surface area contributed by atoms with Crippen LogP contribution in [0.3, 0.4) is 0 Å². The molecule has 3 fully saturated rings. The van der Waals surface area contributed by atoms with Gasteiger partial charge in [-0.05, 0) is 69.0 Å². The minimum absolute atomic E-state index is 0.0215. The Morgan fingerprint density at radius 1 is 0.797 bits per heavy atom. The van der Waals surface area contributed by atoms with Crippen LogP contribution in [0.4, 0.5) is 34.5 Å². The lowest BCUT2D eigenvalue weighted by Crippen LogP contribution is -2.54. The van der Waals surface area contributed by atoms with Gasteiger partial charge in [0, 0.05) is 87.6 Å². The molecule has 0 spiro atoms. The van der Waals surface area contributed by atoms with Crippen LogP contribution >= 0.6 is 18.7 Å². The van der Waals surface area contributed by atoms with Gasteiger partial charge < -0.3 is 49.7 Å². The Kier molecular flexibility index (Phi) is 18.5. The van der Waals surface area contributed by atoms with Gasteiger partial charge in [0.1, 0.15) is 24.0 Å². The standard InChI is InChI=1S/C51H65ClN11O10P/c1-70-42-31-35(11-12-38(42)57-51-55-32-37(52)47(59-51)56-39-8-4-5-10-43(39)74(2,3)69)61-19-15-34(16-20-61)62-23-21-60(22-24-62)33-45(65)54-18-26-72-28-30-73-29-27-71-25-17-53-40-9-6-7-36-46(40)50(68)63(49(36)67)41-13-14-44(64)58-48(41)66/h4-12,31-32,34,41,53H,13-30,33H2,1-3H3,(H,54,65)(H,58,64,66)(H2,55,56,57,59). The Morgan fingerprint density at radius 3 is 2.22 bits per heavy atom. The Morgan fingerprint density at radius 2 is 1.50 bits per heavy atom. The summed E-state index contributed by atoms with van der Waals surface area (Å²) in [6.45, 7) is 12.1. The zero-order valence-electron chi connectivity index (χ0n) is 42.0. The van der Waals surface area contributed by atoms with Gasteiger partial charge in [-0.25, -0.2) is 4.98 Å². The molecule has 5 N–H and O–H groups in total. The maximum atomic E-state index is 13.3. The molecule has 3 aromatic carbocycles. The van der Waals surface area contributed by atoms with Crippen molar-refractivity contribution in [2.75, 3.05) is 140 Å². The second-order valence-electron chi connectivity index (χ2n) is 18.7. The van der Waals surface area contributed by atoms with Crippen molar-refractivity contribution in [3.05, 3.63) is 83.0 Å². The first-order chi connectivity index (χ1) is 35.8. The second kappa shape index (κ2) is 25.4. The molecule has 0 saturated carbocycles. The summed E-state index contributed by atoms with van der Waals surface area (Å²) in [7, 11) is -0.924. The average Bonchev–Trinajstić information content (AvgIpc) is 3.65. The van der Waals surface area contributed by atoms with Crippen LogP contribution in [0.5, 0.6) is 5.75 Å². The SMILES string of the molecule is COc1cc(N2CCC(N3CCN(CC(=O)NCCOCCOCCOCCNc4cccc5c4C(=O)N(C4CCC(=O)NC4=O)C5=O)CC3)CC2)ccc1Nc1ncc(Cl)c(Nc2ccccc2P(C)(C)=O)n1.